The Morgan fingerprint density at radius 1 is 1.25 bits per heavy atom. The molecule has 0 aromatic carbocycles. The fourth-order valence-corrected chi connectivity index (χ4v) is 5.16. The van der Waals surface area contributed by atoms with Crippen LogP contribution in [0.5, 0.6) is 0 Å². The lowest BCUT2D eigenvalue weighted by molar-refractivity contribution is 0.278. The summed E-state index contributed by atoms with van der Waals surface area (Å²) in [7, 11) is 0. The number of hydrogen-bond acceptors (Lipinski definition) is 2. The molecule has 0 amide bonds. The van der Waals surface area contributed by atoms with Crippen molar-refractivity contribution in [1.29, 1.82) is 0 Å². The lowest BCUT2D eigenvalue weighted by Crippen LogP contribution is -2.43. The molecule has 3 aliphatic carbocycles. The molecule has 16 heavy (non-hydrogen) atoms. The number of nitrogens with two attached hydrogens (primary N) is 1. The van der Waals surface area contributed by atoms with E-state index in [0.29, 0.717) is 6.04 Å². The Balaban J connectivity index is 1.65. The van der Waals surface area contributed by atoms with E-state index < -0.39 is 0 Å². The van der Waals surface area contributed by atoms with Crippen molar-refractivity contribution in [3.05, 3.63) is 0 Å². The normalized spacial score (nSPS) is 47.8. The van der Waals surface area contributed by atoms with Gasteiger partial charge in [0.25, 0.3) is 0 Å². The third-order valence-corrected chi connectivity index (χ3v) is 5.76. The van der Waals surface area contributed by atoms with Gasteiger partial charge in [-0.2, -0.15) is 0 Å². The molecule has 2 heteroatoms. The second kappa shape index (κ2) is 3.99. The van der Waals surface area contributed by atoms with Crippen LogP contribution >= 0.6 is 0 Å². The Labute approximate surface area is 99.3 Å². The largest absolute Gasteiger partial charge is 0.271 e. The van der Waals surface area contributed by atoms with Gasteiger partial charge in [-0.25, -0.2) is 0 Å². The number of fused-ring (bicyclic) bond motifs is 5. The molecule has 0 aromatic heterocycles. The van der Waals surface area contributed by atoms with Crippen LogP contribution in [0.1, 0.15) is 46.0 Å². The van der Waals surface area contributed by atoms with Gasteiger partial charge in [0.2, 0.25) is 0 Å². The van der Waals surface area contributed by atoms with Gasteiger partial charge in [-0.3, -0.25) is 11.3 Å². The molecular formula is C14H26N2. The molecule has 6 atom stereocenters. The number of hydrogen-bond donors (Lipinski definition) is 2. The van der Waals surface area contributed by atoms with Crippen molar-refractivity contribution in [2.24, 2.45) is 41.4 Å². The zero-order valence-electron chi connectivity index (χ0n) is 10.7. The summed E-state index contributed by atoms with van der Waals surface area (Å²) in [6, 6.07) is 0.596. The van der Waals surface area contributed by atoms with Crippen LogP contribution in [0.25, 0.3) is 0 Å². The van der Waals surface area contributed by atoms with Crippen molar-refractivity contribution in [2.75, 3.05) is 0 Å². The number of rotatable bonds is 5. The molecule has 0 saturated heterocycles. The predicted octanol–water partition coefficient (Wildman–Crippen LogP) is 2.55. The Kier molecular flexibility index (Phi) is 2.75. The first-order chi connectivity index (χ1) is 7.77. The van der Waals surface area contributed by atoms with Crippen LogP contribution in [0.4, 0.5) is 0 Å². The highest BCUT2D eigenvalue weighted by Crippen LogP contribution is 2.70. The van der Waals surface area contributed by atoms with Gasteiger partial charge in [-0.05, 0) is 61.2 Å². The van der Waals surface area contributed by atoms with E-state index in [9.17, 15) is 0 Å². The van der Waals surface area contributed by atoms with Crippen molar-refractivity contribution in [3.63, 3.8) is 0 Å². The van der Waals surface area contributed by atoms with Crippen LogP contribution in [0.15, 0.2) is 0 Å². The van der Waals surface area contributed by atoms with Gasteiger partial charge >= 0.3 is 0 Å². The summed E-state index contributed by atoms with van der Waals surface area (Å²) in [6.45, 7) is 4.66. The SMILES string of the molecule is CCCC(C)C(NN)C1C2C3CCC(C3)C21. The summed E-state index contributed by atoms with van der Waals surface area (Å²) in [5.74, 6) is 11.7. The molecule has 0 heterocycles. The minimum absolute atomic E-state index is 0.596. The highest BCUT2D eigenvalue weighted by Gasteiger charge is 2.66. The molecule has 3 rings (SSSR count). The van der Waals surface area contributed by atoms with Crippen molar-refractivity contribution in [2.45, 2.75) is 52.0 Å². The van der Waals surface area contributed by atoms with Gasteiger partial charge in [0.1, 0.15) is 0 Å². The fraction of sp³-hybridized carbons (Fsp3) is 1.00. The molecule has 92 valence electrons. The van der Waals surface area contributed by atoms with Gasteiger partial charge in [0, 0.05) is 6.04 Å². The molecule has 6 unspecified atom stereocenters. The summed E-state index contributed by atoms with van der Waals surface area (Å²) >= 11 is 0. The van der Waals surface area contributed by atoms with Crippen molar-refractivity contribution in [1.82, 2.24) is 5.43 Å². The van der Waals surface area contributed by atoms with Gasteiger partial charge < -0.3 is 0 Å². The van der Waals surface area contributed by atoms with Crippen LogP contribution in [0.2, 0.25) is 0 Å². The molecule has 0 aliphatic heterocycles. The smallest absolute Gasteiger partial charge is 0.0270 e. The standard InChI is InChI=1S/C14H26N2/c1-3-4-8(2)14(16-15)13-11-9-5-6-10(7-9)12(11)13/h8-14,16H,3-7,15H2,1-2H3. The Bertz CT molecular complexity index is 249. The van der Waals surface area contributed by atoms with E-state index in [0.717, 1.165) is 35.5 Å². The van der Waals surface area contributed by atoms with Crippen LogP contribution in [-0.2, 0) is 0 Å². The minimum atomic E-state index is 0.596. The summed E-state index contributed by atoms with van der Waals surface area (Å²) in [5, 5.41) is 0. The van der Waals surface area contributed by atoms with Crippen LogP contribution in [-0.4, -0.2) is 6.04 Å². The molecule has 2 nitrogen and oxygen atoms in total. The molecular weight excluding hydrogens is 196 g/mol. The third-order valence-electron chi connectivity index (χ3n) is 5.76. The van der Waals surface area contributed by atoms with E-state index in [1.54, 1.807) is 6.42 Å². The molecule has 3 fully saturated rings. The van der Waals surface area contributed by atoms with Gasteiger partial charge in [-0.15, -0.1) is 0 Å². The van der Waals surface area contributed by atoms with E-state index in [1.165, 1.54) is 25.7 Å². The number of hydrazine groups is 1. The maximum Gasteiger partial charge on any atom is 0.0270 e. The lowest BCUT2D eigenvalue weighted by atomic mass is 9.88. The maximum atomic E-state index is 5.81. The minimum Gasteiger partial charge on any atom is -0.271 e. The van der Waals surface area contributed by atoms with E-state index >= 15 is 0 Å². The van der Waals surface area contributed by atoms with E-state index in [-0.39, 0.29) is 0 Å². The quantitative estimate of drug-likeness (QED) is 0.554. The van der Waals surface area contributed by atoms with Crippen LogP contribution in [0, 0.1) is 35.5 Å². The van der Waals surface area contributed by atoms with Gasteiger partial charge in [0.15, 0.2) is 0 Å². The topological polar surface area (TPSA) is 38.0 Å². The molecule has 2 bridgehead atoms. The van der Waals surface area contributed by atoms with Gasteiger partial charge in [-0.1, -0.05) is 20.3 Å². The molecule has 0 spiro atoms. The summed E-state index contributed by atoms with van der Waals surface area (Å²) < 4.78 is 0. The summed E-state index contributed by atoms with van der Waals surface area (Å²) in [5.41, 5.74) is 3.15. The van der Waals surface area contributed by atoms with E-state index in [4.69, 9.17) is 5.84 Å². The highest BCUT2D eigenvalue weighted by molar-refractivity contribution is 5.16. The third kappa shape index (κ3) is 1.46. The highest BCUT2D eigenvalue weighted by atomic mass is 15.2. The predicted molar refractivity (Wildman–Crippen MR) is 66.5 cm³/mol. The van der Waals surface area contributed by atoms with Crippen molar-refractivity contribution in [3.8, 4) is 0 Å². The second-order valence-electron chi connectivity index (χ2n) is 6.52. The monoisotopic (exact) mass is 222 g/mol. The summed E-state index contributed by atoms with van der Waals surface area (Å²) in [6.07, 6.45) is 7.18. The first kappa shape index (κ1) is 11.0. The Hall–Kier alpha value is -0.0800. The first-order valence-corrected chi connectivity index (χ1v) is 7.24. The van der Waals surface area contributed by atoms with Gasteiger partial charge in [0.05, 0.1) is 0 Å². The lowest BCUT2D eigenvalue weighted by Gasteiger charge is -2.25. The van der Waals surface area contributed by atoms with Crippen LogP contribution < -0.4 is 11.3 Å². The summed E-state index contributed by atoms with van der Waals surface area (Å²) in [4.78, 5) is 0. The zero-order valence-corrected chi connectivity index (χ0v) is 10.7. The van der Waals surface area contributed by atoms with Crippen LogP contribution in [0.3, 0.4) is 0 Å². The molecule has 3 aliphatic rings. The molecule has 3 saturated carbocycles. The fourth-order valence-electron chi connectivity index (χ4n) is 5.16. The average molecular weight is 222 g/mol. The number of nitrogens with one attached hydrogen (secondary N) is 1. The first-order valence-electron chi connectivity index (χ1n) is 7.24. The maximum absolute atomic E-state index is 5.81. The molecule has 0 radical (unpaired) electrons. The van der Waals surface area contributed by atoms with Crippen molar-refractivity contribution < 1.29 is 0 Å². The second-order valence-corrected chi connectivity index (χ2v) is 6.52. The van der Waals surface area contributed by atoms with E-state index in [2.05, 4.69) is 19.3 Å². The van der Waals surface area contributed by atoms with E-state index in [1.807, 2.05) is 0 Å². The molecule has 0 aromatic rings. The zero-order chi connectivity index (χ0) is 11.3. The Morgan fingerprint density at radius 3 is 2.38 bits per heavy atom. The average Bonchev–Trinajstić information content (AvgIpc) is 2.71. The Morgan fingerprint density at radius 2 is 1.88 bits per heavy atom. The molecule has 3 N–H and O–H groups in total. The van der Waals surface area contributed by atoms with Crippen molar-refractivity contribution >= 4 is 0 Å².